The number of nitrogens with zero attached hydrogens (tertiary/aromatic N) is 5. The van der Waals surface area contributed by atoms with E-state index in [2.05, 4.69) is 10.4 Å². The summed E-state index contributed by atoms with van der Waals surface area (Å²) in [7, 11) is 0. The van der Waals surface area contributed by atoms with Crippen molar-refractivity contribution in [1.82, 2.24) is 19.8 Å². The van der Waals surface area contributed by atoms with Gasteiger partial charge in [0.05, 0.1) is 29.4 Å². The summed E-state index contributed by atoms with van der Waals surface area (Å²) in [5.74, 6) is 0. The van der Waals surface area contributed by atoms with Crippen molar-refractivity contribution in [2.75, 3.05) is 0 Å². The van der Waals surface area contributed by atoms with Crippen LogP contribution in [0.3, 0.4) is 0 Å². The average Bonchev–Trinajstić information content (AvgIpc) is 3.02. The highest BCUT2D eigenvalue weighted by Crippen LogP contribution is 2.29. The molecular formula is C18H12F3N5O. The number of rotatable bonds is 4. The van der Waals surface area contributed by atoms with Crippen molar-refractivity contribution in [2.45, 2.75) is 12.7 Å². The summed E-state index contributed by atoms with van der Waals surface area (Å²) in [6.45, 7) is -0.106. The lowest BCUT2D eigenvalue weighted by molar-refractivity contribution is -0.137. The normalized spacial score (nSPS) is 12.0. The fourth-order valence-corrected chi connectivity index (χ4v) is 2.35. The predicted octanol–water partition coefficient (Wildman–Crippen LogP) is 3.05. The van der Waals surface area contributed by atoms with Crippen LogP contribution in [-0.4, -0.2) is 19.8 Å². The minimum atomic E-state index is -4.47. The highest BCUT2D eigenvalue weighted by molar-refractivity contribution is 5.56. The first-order chi connectivity index (χ1) is 12.9. The molecule has 0 atom stereocenters. The average molecular weight is 371 g/mol. The smallest absolute Gasteiger partial charge is 0.244 e. The molecule has 0 saturated heterocycles. The van der Waals surface area contributed by atoms with Crippen LogP contribution >= 0.6 is 0 Å². The second-order valence-electron chi connectivity index (χ2n) is 5.57. The zero-order chi connectivity index (χ0) is 19.4. The second kappa shape index (κ2) is 7.29. The van der Waals surface area contributed by atoms with Gasteiger partial charge < -0.3 is 0 Å². The molecule has 0 aliphatic rings. The van der Waals surface area contributed by atoms with E-state index < -0.39 is 17.4 Å². The van der Waals surface area contributed by atoms with Crippen LogP contribution in [0.5, 0.6) is 0 Å². The summed E-state index contributed by atoms with van der Waals surface area (Å²) in [6.07, 6.45) is -2.85. The zero-order valence-corrected chi connectivity index (χ0v) is 13.8. The number of benzene rings is 2. The van der Waals surface area contributed by atoms with E-state index in [0.717, 1.165) is 39.2 Å². The maximum absolute atomic E-state index is 12.6. The van der Waals surface area contributed by atoms with Gasteiger partial charge in [0.15, 0.2) is 0 Å². The van der Waals surface area contributed by atoms with Crippen molar-refractivity contribution in [3.8, 4) is 11.8 Å². The molecule has 1 heterocycles. The van der Waals surface area contributed by atoms with Crippen molar-refractivity contribution in [3.05, 3.63) is 81.8 Å². The number of aromatic nitrogens is 4. The SMILES string of the molecule is N#C/C(=C\c1ccccc1)Cn1nnn(-c2ccc(C(F)(F)F)cc2)c1=O. The minimum Gasteiger partial charge on any atom is -0.244 e. The molecule has 0 aliphatic carbocycles. The Morgan fingerprint density at radius 3 is 2.33 bits per heavy atom. The third-order valence-corrected chi connectivity index (χ3v) is 3.68. The van der Waals surface area contributed by atoms with Gasteiger partial charge in [0.2, 0.25) is 0 Å². The Hall–Kier alpha value is -3.67. The maximum Gasteiger partial charge on any atom is 0.416 e. The number of alkyl halides is 3. The van der Waals surface area contributed by atoms with E-state index in [9.17, 15) is 23.2 Å². The van der Waals surface area contributed by atoms with E-state index >= 15 is 0 Å². The van der Waals surface area contributed by atoms with Gasteiger partial charge in [0.25, 0.3) is 0 Å². The molecule has 0 N–H and O–H groups in total. The molecular weight excluding hydrogens is 359 g/mol. The fraction of sp³-hybridized carbons (Fsp3) is 0.111. The van der Waals surface area contributed by atoms with Crippen molar-refractivity contribution < 1.29 is 13.2 Å². The van der Waals surface area contributed by atoms with Crippen LogP contribution in [0.2, 0.25) is 0 Å². The molecule has 136 valence electrons. The molecule has 0 fully saturated rings. The number of tetrazole rings is 1. The van der Waals surface area contributed by atoms with E-state index in [1.807, 2.05) is 24.3 Å². The molecule has 0 bridgehead atoms. The van der Waals surface area contributed by atoms with Crippen LogP contribution < -0.4 is 5.69 Å². The Balaban J connectivity index is 1.86. The van der Waals surface area contributed by atoms with Crippen LogP contribution in [0.15, 0.2) is 65.0 Å². The van der Waals surface area contributed by atoms with Crippen LogP contribution in [0, 0.1) is 11.3 Å². The van der Waals surface area contributed by atoms with E-state index in [4.69, 9.17) is 0 Å². The highest BCUT2D eigenvalue weighted by Gasteiger charge is 2.30. The Morgan fingerprint density at radius 2 is 1.74 bits per heavy atom. The lowest BCUT2D eigenvalue weighted by Gasteiger charge is -2.06. The molecule has 0 aliphatic heterocycles. The standard InChI is InChI=1S/C18H12F3N5O/c19-18(20,21)15-6-8-16(9-7-15)26-17(27)25(23-24-26)12-14(11-22)10-13-4-2-1-3-5-13/h1-10H,12H2/b14-10+. The van der Waals surface area contributed by atoms with Gasteiger partial charge in [0, 0.05) is 0 Å². The molecule has 1 aromatic heterocycles. The third-order valence-electron chi connectivity index (χ3n) is 3.68. The summed E-state index contributed by atoms with van der Waals surface area (Å²) in [5, 5.41) is 16.6. The van der Waals surface area contributed by atoms with Gasteiger partial charge in [-0.05, 0) is 46.3 Å². The first-order valence-electron chi connectivity index (χ1n) is 7.74. The minimum absolute atomic E-state index is 0.106. The van der Waals surface area contributed by atoms with Gasteiger partial charge in [-0.3, -0.25) is 0 Å². The molecule has 0 amide bonds. The number of nitriles is 1. The van der Waals surface area contributed by atoms with Gasteiger partial charge in [-0.25, -0.2) is 4.79 Å². The first kappa shape index (κ1) is 18.1. The Morgan fingerprint density at radius 1 is 1.07 bits per heavy atom. The van der Waals surface area contributed by atoms with Gasteiger partial charge in [0.1, 0.15) is 0 Å². The topological polar surface area (TPSA) is 76.5 Å². The van der Waals surface area contributed by atoms with Crippen molar-refractivity contribution in [1.29, 1.82) is 5.26 Å². The number of allylic oxidation sites excluding steroid dienone is 1. The lowest BCUT2D eigenvalue weighted by Crippen LogP contribution is -2.25. The van der Waals surface area contributed by atoms with Gasteiger partial charge in [-0.2, -0.15) is 27.8 Å². The lowest BCUT2D eigenvalue weighted by atomic mass is 10.1. The van der Waals surface area contributed by atoms with Crippen LogP contribution in [0.4, 0.5) is 13.2 Å². The largest absolute Gasteiger partial charge is 0.416 e. The van der Waals surface area contributed by atoms with Crippen molar-refractivity contribution >= 4 is 6.08 Å². The predicted molar refractivity (Wildman–Crippen MR) is 90.7 cm³/mol. The molecule has 0 spiro atoms. The van der Waals surface area contributed by atoms with E-state index in [1.165, 1.54) is 0 Å². The molecule has 3 aromatic rings. The van der Waals surface area contributed by atoms with Gasteiger partial charge >= 0.3 is 11.9 Å². The highest BCUT2D eigenvalue weighted by atomic mass is 19.4. The number of hydrogen-bond acceptors (Lipinski definition) is 4. The van der Waals surface area contributed by atoms with E-state index in [-0.39, 0.29) is 17.8 Å². The molecule has 27 heavy (non-hydrogen) atoms. The molecule has 0 radical (unpaired) electrons. The van der Waals surface area contributed by atoms with Gasteiger partial charge in [-0.1, -0.05) is 30.3 Å². The van der Waals surface area contributed by atoms with E-state index in [1.54, 1.807) is 18.2 Å². The second-order valence-corrected chi connectivity index (χ2v) is 5.57. The summed E-state index contributed by atoms with van der Waals surface area (Å²) < 4.78 is 39.7. The van der Waals surface area contributed by atoms with Gasteiger partial charge in [-0.15, -0.1) is 0 Å². The maximum atomic E-state index is 12.6. The Kier molecular flexibility index (Phi) is 4.90. The van der Waals surface area contributed by atoms with Crippen molar-refractivity contribution in [2.24, 2.45) is 0 Å². The van der Waals surface area contributed by atoms with Crippen LogP contribution in [0.25, 0.3) is 11.8 Å². The first-order valence-corrected chi connectivity index (χ1v) is 7.74. The third kappa shape index (κ3) is 4.12. The van der Waals surface area contributed by atoms with Crippen molar-refractivity contribution in [3.63, 3.8) is 0 Å². The Bertz CT molecular complexity index is 1060. The molecule has 0 unspecified atom stereocenters. The summed E-state index contributed by atoms with van der Waals surface area (Å²) in [4.78, 5) is 12.4. The molecule has 6 nitrogen and oxygen atoms in total. The van der Waals surface area contributed by atoms with E-state index in [0.29, 0.717) is 0 Å². The quantitative estimate of drug-likeness (QED) is 0.661. The van der Waals surface area contributed by atoms with Crippen LogP contribution in [-0.2, 0) is 12.7 Å². The number of hydrogen-bond donors (Lipinski definition) is 0. The monoisotopic (exact) mass is 371 g/mol. The summed E-state index contributed by atoms with van der Waals surface area (Å²) in [5.41, 5.74) is -0.280. The molecule has 2 aromatic carbocycles. The zero-order valence-electron chi connectivity index (χ0n) is 13.8. The number of halogens is 3. The molecule has 3 rings (SSSR count). The molecule has 9 heteroatoms. The molecule has 0 saturated carbocycles. The fourth-order valence-electron chi connectivity index (χ4n) is 2.35. The summed E-state index contributed by atoms with van der Waals surface area (Å²) >= 11 is 0. The summed E-state index contributed by atoms with van der Waals surface area (Å²) in [6, 6.07) is 15.1. The Labute approximate surface area is 151 Å². The van der Waals surface area contributed by atoms with Crippen LogP contribution in [0.1, 0.15) is 11.1 Å².